The average molecular weight is 231 g/mol. The van der Waals surface area contributed by atoms with Gasteiger partial charge in [0.25, 0.3) is 0 Å². The summed E-state index contributed by atoms with van der Waals surface area (Å²) in [6.45, 7) is 3.93. The van der Waals surface area contributed by atoms with E-state index in [0.29, 0.717) is 0 Å². The van der Waals surface area contributed by atoms with Gasteiger partial charge in [-0.3, -0.25) is 4.68 Å². The van der Waals surface area contributed by atoms with E-state index >= 15 is 0 Å². The molecule has 0 radical (unpaired) electrons. The van der Waals surface area contributed by atoms with Gasteiger partial charge in [-0.15, -0.1) is 0 Å². The lowest BCUT2D eigenvalue weighted by molar-refractivity contribution is 0.527. The molecule has 90 valence electrons. The van der Waals surface area contributed by atoms with Crippen molar-refractivity contribution in [2.75, 3.05) is 5.73 Å². The summed E-state index contributed by atoms with van der Waals surface area (Å²) in [5, 5.41) is 4.27. The smallest absolute Gasteiger partial charge is 0.131 e. The Morgan fingerprint density at radius 2 is 2.29 bits per heavy atom. The van der Waals surface area contributed by atoms with Crippen LogP contribution in [-0.4, -0.2) is 19.3 Å². The fraction of sp³-hybridized carbons (Fsp3) is 0.500. The SMILES string of the molecule is CCn1cc(-c2nc3n(c2N)CCCC3)cn1. The van der Waals surface area contributed by atoms with Gasteiger partial charge in [-0.25, -0.2) is 4.98 Å². The van der Waals surface area contributed by atoms with Gasteiger partial charge >= 0.3 is 0 Å². The van der Waals surface area contributed by atoms with E-state index in [1.165, 1.54) is 12.8 Å². The minimum absolute atomic E-state index is 0.787. The fourth-order valence-corrected chi connectivity index (χ4v) is 2.38. The molecular formula is C12H17N5. The minimum Gasteiger partial charge on any atom is -0.383 e. The lowest BCUT2D eigenvalue weighted by Crippen LogP contribution is -2.12. The number of hydrogen-bond donors (Lipinski definition) is 1. The maximum Gasteiger partial charge on any atom is 0.131 e. The van der Waals surface area contributed by atoms with Crippen molar-refractivity contribution in [1.29, 1.82) is 0 Å². The number of nitrogens with two attached hydrogens (primary N) is 1. The van der Waals surface area contributed by atoms with Crippen LogP contribution in [0.3, 0.4) is 0 Å². The molecule has 0 aliphatic carbocycles. The molecule has 2 aromatic heterocycles. The fourth-order valence-electron chi connectivity index (χ4n) is 2.38. The molecule has 0 unspecified atom stereocenters. The first-order valence-electron chi connectivity index (χ1n) is 6.17. The van der Waals surface area contributed by atoms with Crippen LogP contribution in [0, 0.1) is 0 Å². The van der Waals surface area contributed by atoms with Crippen molar-refractivity contribution in [3.8, 4) is 11.3 Å². The summed E-state index contributed by atoms with van der Waals surface area (Å²) in [7, 11) is 0. The van der Waals surface area contributed by atoms with E-state index < -0.39 is 0 Å². The number of hydrogen-bond acceptors (Lipinski definition) is 3. The monoisotopic (exact) mass is 231 g/mol. The van der Waals surface area contributed by atoms with Crippen molar-refractivity contribution in [1.82, 2.24) is 19.3 Å². The van der Waals surface area contributed by atoms with Crippen molar-refractivity contribution >= 4 is 5.82 Å². The van der Waals surface area contributed by atoms with E-state index in [9.17, 15) is 0 Å². The van der Waals surface area contributed by atoms with Crippen LogP contribution >= 0.6 is 0 Å². The quantitative estimate of drug-likeness (QED) is 0.855. The Labute approximate surface area is 100 Å². The number of rotatable bonds is 2. The standard InChI is InChI=1S/C12H17N5/c1-2-16-8-9(7-14-16)11-12(13)17-6-4-3-5-10(17)15-11/h7-8H,2-6,13H2,1H3. The Hall–Kier alpha value is -1.78. The van der Waals surface area contributed by atoms with Gasteiger partial charge in [-0.05, 0) is 19.8 Å². The summed E-state index contributed by atoms with van der Waals surface area (Å²) in [5.41, 5.74) is 8.08. The molecule has 17 heavy (non-hydrogen) atoms. The van der Waals surface area contributed by atoms with Crippen LogP contribution in [0.15, 0.2) is 12.4 Å². The van der Waals surface area contributed by atoms with Gasteiger partial charge < -0.3 is 10.3 Å². The van der Waals surface area contributed by atoms with Crippen LogP contribution in [0.1, 0.15) is 25.6 Å². The van der Waals surface area contributed by atoms with Crippen LogP contribution in [0.25, 0.3) is 11.3 Å². The van der Waals surface area contributed by atoms with Gasteiger partial charge in [0, 0.05) is 31.3 Å². The number of fused-ring (bicyclic) bond motifs is 1. The van der Waals surface area contributed by atoms with Gasteiger partial charge in [0.1, 0.15) is 17.3 Å². The molecular weight excluding hydrogens is 214 g/mol. The summed E-state index contributed by atoms with van der Waals surface area (Å²) < 4.78 is 4.04. The van der Waals surface area contributed by atoms with E-state index in [-0.39, 0.29) is 0 Å². The highest BCUT2D eigenvalue weighted by atomic mass is 15.3. The third-order valence-electron chi connectivity index (χ3n) is 3.35. The maximum absolute atomic E-state index is 6.17. The molecule has 2 N–H and O–H groups in total. The largest absolute Gasteiger partial charge is 0.383 e. The summed E-state index contributed by atoms with van der Waals surface area (Å²) in [6, 6.07) is 0. The van der Waals surface area contributed by atoms with Gasteiger partial charge in [-0.2, -0.15) is 5.10 Å². The first-order chi connectivity index (χ1) is 8.29. The molecule has 5 nitrogen and oxygen atoms in total. The van der Waals surface area contributed by atoms with Gasteiger partial charge in [0.05, 0.1) is 6.20 Å². The lowest BCUT2D eigenvalue weighted by Gasteiger charge is -2.13. The molecule has 1 aliphatic rings. The molecule has 0 bridgehead atoms. The molecule has 5 heteroatoms. The van der Waals surface area contributed by atoms with E-state index in [0.717, 1.165) is 42.4 Å². The normalized spacial score (nSPS) is 14.9. The van der Waals surface area contributed by atoms with Crippen LogP contribution in [-0.2, 0) is 19.5 Å². The van der Waals surface area contributed by atoms with Gasteiger partial charge in [0.2, 0.25) is 0 Å². The van der Waals surface area contributed by atoms with Gasteiger partial charge in [0.15, 0.2) is 0 Å². The molecule has 3 rings (SSSR count). The van der Waals surface area contributed by atoms with Crippen LogP contribution in [0.4, 0.5) is 5.82 Å². The zero-order valence-corrected chi connectivity index (χ0v) is 10.1. The Balaban J connectivity index is 2.05. The van der Waals surface area contributed by atoms with Crippen molar-refractivity contribution in [2.45, 2.75) is 39.3 Å². The van der Waals surface area contributed by atoms with Crippen LogP contribution in [0.2, 0.25) is 0 Å². The maximum atomic E-state index is 6.17. The minimum atomic E-state index is 0.787. The predicted molar refractivity (Wildman–Crippen MR) is 66.5 cm³/mol. The van der Waals surface area contributed by atoms with E-state index in [2.05, 4.69) is 21.6 Å². The Morgan fingerprint density at radius 3 is 3.00 bits per heavy atom. The van der Waals surface area contributed by atoms with Gasteiger partial charge in [-0.1, -0.05) is 0 Å². The van der Waals surface area contributed by atoms with Crippen molar-refractivity contribution < 1.29 is 0 Å². The average Bonchev–Trinajstić information content (AvgIpc) is 2.95. The van der Waals surface area contributed by atoms with E-state index in [1.807, 2.05) is 17.1 Å². The molecule has 0 aromatic carbocycles. The number of aryl methyl sites for hydroxylation is 2. The summed E-state index contributed by atoms with van der Waals surface area (Å²) in [5.74, 6) is 1.91. The Bertz CT molecular complexity index is 537. The molecule has 0 amide bonds. The predicted octanol–water partition coefficient (Wildman–Crippen LogP) is 1.68. The third kappa shape index (κ3) is 1.62. The van der Waals surface area contributed by atoms with Crippen molar-refractivity contribution in [3.63, 3.8) is 0 Å². The molecule has 1 aliphatic heterocycles. The molecule has 0 atom stereocenters. The molecule has 0 fully saturated rings. The summed E-state index contributed by atoms with van der Waals surface area (Å²) in [4.78, 5) is 4.65. The highest BCUT2D eigenvalue weighted by Gasteiger charge is 2.19. The zero-order chi connectivity index (χ0) is 11.8. The van der Waals surface area contributed by atoms with Crippen molar-refractivity contribution in [3.05, 3.63) is 18.2 Å². The Morgan fingerprint density at radius 1 is 1.41 bits per heavy atom. The first kappa shape index (κ1) is 10.4. The molecule has 3 heterocycles. The number of nitrogen functional groups attached to an aromatic ring is 1. The summed E-state index contributed by atoms with van der Waals surface area (Å²) in [6.07, 6.45) is 7.29. The number of aromatic nitrogens is 4. The second-order valence-corrected chi connectivity index (χ2v) is 4.46. The molecule has 2 aromatic rings. The van der Waals surface area contributed by atoms with E-state index in [1.54, 1.807) is 0 Å². The zero-order valence-electron chi connectivity index (χ0n) is 10.1. The third-order valence-corrected chi connectivity index (χ3v) is 3.35. The first-order valence-corrected chi connectivity index (χ1v) is 6.17. The van der Waals surface area contributed by atoms with Crippen LogP contribution in [0.5, 0.6) is 0 Å². The number of nitrogens with zero attached hydrogens (tertiary/aromatic N) is 4. The molecule has 0 saturated carbocycles. The Kier molecular flexibility index (Phi) is 2.39. The summed E-state index contributed by atoms with van der Waals surface area (Å²) >= 11 is 0. The van der Waals surface area contributed by atoms with Crippen LogP contribution < -0.4 is 5.73 Å². The van der Waals surface area contributed by atoms with E-state index in [4.69, 9.17) is 5.73 Å². The van der Waals surface area contributed by atoms with Crippen molar-refractivity contribution in [2.24, 2.45) is 0 Å². The molecule has 0 saturated heterocycles. The molecule has 0 spiro atoms. The highest BCUT2D eigenvalue weighted by Crippen LogP contribution is 2.29. The number of imidazole rings is 1. The highest BCUT2D eigenvalue weighted by molar-refractivity contribution is 5.70. The second-order valence-electron chi connectivity index (χ2n) is 4.46. The second kappa shape index (κ2) is 3.91. The topological polar surface area (TPSA) is 61.7 Å². The lowest BCUT2D eigenvalue weighted by atomic mass is 10.2. The number of anilines is 1.